The zero-order valence-electron chi connectivity index (χ0n) is 16.2. The Balaban J connectivity index is 1.81. The molecule has 0 radical (unpaired) electrons. The van der Waals surface area contributed by atoms with E-state index < -0.39 is 5.63 Å². The molecule has 0 atom stereocenters. The van der Waals surface area contributed by atoms with Gasteiger partial charge in [-0.15, -0.1) is 0 Å². The minimum atomic E-state index is -0.449. The third-order valence-electron chi connectivity index (χ3n) is 4.58. The van der Waals surface area contributed by atoms with Gasteiger partial charge in [-0.25, -0.2) is 4.79 Å². The minimum absolute atomic E-state index is 0.361. The number of rotatable bonds is 5. The van der Waals surface area contributed by atoms with Crippen molar-refractivity contribution in [3.8, 4) is 5.75 Å². The van der Waals surface area contributed by atoms with Crippen molar-refractivity contribution in [3.63, 3.8) is 0 Å². The summed E-state index contributed by atoms with van der Waals surface area (Å²) >= 11 is 0. The molecular weight excluding hydrogens is 364 g/mol. The van der Waals surface area contributed by atoms with Crippen molar-refractivity contribution < 1.29 is 9.15 Å². The smallest absolute Gasteiger partial charge is 0.347 e. The Kier molecular flexibility index (Phi) is 5.12. The molecule has 29 heavy (non-hydrogen) atoms. The van der Waals surface area contributed by atoms with Crippen LogP contribution in [-0.4, -0.2) is 13.3 Å². The average Bonchev–Trinajstić information content (AvgIpc) is 2.75. The standard InChI is InChI=1S/C24H20N2O3/c1-16-7-9-17(10-8-16)25-15-21-23(26-18-11-13-19(28-2)14-12-18)20-5-3-4-6-22(20)29-24(21)27/h3-15,26H,1-2H3/b25-15+. The van der Waals surface area contributed by atoms with Gasteiger partial charge in [0.2, 0.25) is 0 Å². The number of ether oxygens (including phenoxy) is 1. The van der Waals surface area contributed by atoms with Crippen molar-refractivity contribution in [1.82, 2.24) is 0 Å². The van der Waals surface area contributed by atoms with Gasteiger partial charge in [0, 0.05) is 17.3 Å². The van der Waals surface area contributed by atoms with E-state index in [0.29, 0.717) is 16.8 Å². The SMILES string of the molecule is COc1ccc(Nc2c(/C=N/c3ccc(C)cc3)c(=O)oc3ccccc23)cc1. The van der Waals surface area contributed by atoms with Crippen molar-refractivity contribution in [1.29, 1.82) is 0 Å². The van der Waals surface area contributed by atoms with E-state index in [1.54, 1.807) is 19.4 Å². The summed E-state index contributed by atoms with van der Waals surface area (Å²) in [6.45, 7) is 2.02. The molecule has 4 aromatic rings. The topological polar surface area (TPSA) is 63.8 Å². The number of methoxy groups -OCH3 is 1. The van der Waals surface area contributed by atoms with E-state index in [1.165, 1.54) is 0 Å². The van der Waals surface area contributed by atoms with Crippen LogP contribution in [0.4, 0.5) is 17.1 Å². The van der Waals surface area contributed by atoms with E-state index in [-0.39, 0.29) is 0 Å². The number of hydrogen-bond acceptors (Lipinski definition) is 5. The molecule has 0 bridgehead atoms. The number of para-hydroxylation sites is 1. The predicted molar refractivity (Wildman–Crippen MR) is 117 cm³/mol. The van der Waals surface area contributed by atoms with Crippen molar-refractivity contribution in [2.45, 2.75) is 6.92 Å². The molecular formula is C24H20N2O3. The fourth-order valence-electron chi connectivity index (χ4n) is 3.00. The van der Waals surface area contributed by atoms with Gasteiger partial charge in [0.05, 0.1) is 18.5 Å². The molecule has 0 fully saturated rings. The predicted octanol–water partition coefficient (Wildman–Crippen LogP) is 5.60. The quantitative estimate of drug-likeness (QED) is 0.359. The molecule has 0 saturated carbocycles. The molecule has 0 spiro atoms. The molecule has 1 heterocycles. The molecule has 0 aliphatic heterocycles. The first kappa shape index (κ1) is 18.5. The first-order chi connectivity index (χ1) is 14.1. The lowest BCUT2D eigenvalue weighted by molar-refractivity contribution is 0.415. The third-order valence-corrected chi connectivity index (χ3v) is 4.58. The molecule has 144 valence electrons. The van der Waals surface area contributed by atoms with E-state index in [1.807, 2.05) is 73.7 Å². The lowest BCUT2D eigenvalue weighted by atomic mass is 10.1. The van der Waals surface area contributed by atoms with Crippen LogP contribution in [0.15, 0.2) is 87.0 Å². The van der Waals surface area contributed by atoms with E-state index >= 15 is 0 Å². The Labute approximate surface area is 168 Å². The van der Waals surface area contributed by atoms with Gasteiger partial charge in [0.1, 0.15) is 16.9 Å². The molecule has 5 nitrogen and oxygen atoms in total. The Bertz CT molecular complexity index is 1220. The summed E-state index contributed by atoms with van der Waals surface area (Å²) in [6.07, 6.45) is 1.55. The summed E-state index contributed by atoms with van der Waals surface area (Å²) in [5.41, 5.74) is 3.82. The van der Waals surface area contributed by atoms with Gasteiger partial charge in [0.15, 0.2) is 0 Å². The Morgan fingerprint density at radius 2 is 1.69 bits per heavy atom. The van der Waals surface area contributed by atoms with Crippen molar-refractivity contribution in [2.75, 3.05) is 12.4 Å². The van der Waals surface area contributed by atoms with Crippen molar-refractivity contribution >= 4 is 34.2 Å². The van der Waals surface area contributed by atoms with Crippen molar-refractivity contribution in [2.24, 2.45) is 4.99 Å². The highest BCUT2D eigenvalue weighted by molar-refractivity contribution is 6.02. The van der Waals surface area contributed by atoms with Gasteiger partial charge in [-0.05, 0) is 55.5 Å². The fourth-order valence-corrected chi connectivity index (χ4v) is 3.00. The van der Waals surface area contributed by atoms with Crippen LogP contribution in [0.2, 0.25) is 0 Å². The Morgan fingerprint density at radius 3 is 2.41 bits per heavy atom. The van der Waals surface area contributed by atoms with Crippen LogP contribution in [0.1, 0.15) is 11.1 Å². The van der Waals surface area contributed by atoms with Gasteiger partial charge in [-0.3, -0.25) is 4.99 Å². The van der Waals surface area contributed by atoms with Crippen LogP contribution in [0, 0.1) is 6.92 Å². The van der Waals surface area contributed by atoms with Gasteiger partial charge < -0.3 is 14.5 Å². The fraction of sp³-hybridized carbons (Fsp3) is 0.0833. The second-order valence-electron chi connectivity index (χ2n) is 6.62. The largest absolute Gasteiger partial charge is 0.497 e. The average molecular weight is 384 g/mol. The monoisotopic (exact) mass is 384 g/mol. The maximum atomic E-state index is 12.7. The number of fused-ring (bicyclic) bond motifs is 1. The van der Waals surface area contributed by atoms with Crippen LogP contribution in [0.5, 0.6) is 5.75 Å². The van der Waals surface area contributed by atoms with Crippen LogP contribution in [0.25, 0.3) is 11.0 Å². The summed E-state index contributed by atoms with van der Waals surface area (Å²) in [7, 11) is 1.62. The highest BCUT2D eigenvalue weighted by Gasteiger charge is 2.13. The second-order valence-corrected chi connectivity index (χ2v) is 6.62. The van der Waals surface area contributed by atoms with E-state index in [2.05, 4.69) is 10.3 Å². The molecule has 3 aromatic carbocycles. The number of hydrogen-bond donors (Lipinski definition) is 1. The van der Waals surface area contributed by atoms with Crippen molar-refractivity contribution in [3.05, 3.63) is 94.3 Å². The zero-order chi connectivity index (χ0) is 20.2. The zero-order valence-corrected chi connectivity index (χ0v) is 16.2. The Hall–Kier alpha value is -3.86. The van der Waals surface area contributed by atoms with Crippen LogP contribution >= 0.6 is 0 Å². The molecule has 0 aliphatic rings. The van der Waals surface area contributed by atoms with E-state index in [4.69, 9.17) is 9.15 Å². The molecule has 1 aromatic heterocycles. The number of benzene rings is 3. The first-order valence-electron chi connectivity index (χ1n) is 9.22. The van der Waals surface area contributed by atoms with Crippen LogP contribution < -0.4 is 15.7 Å². The molecule has 0 unspecified atom stereocenters. The maximum Gasteiger partial charge on any atom is 0.347 e. The van der Waals surface area contributed by atoms with Gasteiger partial charge in [0.25, 0.3) is 0 Å². The van der Waals surface area contributed by atoms with Gasteiger partial charge in [-0.1, -0.05) is 29.8 Å². The summed E-state index contributed by atoms with van der Waals surface area (Å²) in [6, 6.07) is 22.7. The number of aliphatic imine (C=N–C) groups is 1. The van der Waals surface area contributed by atoms with Crippen LogP contribution in [0.3, 0.4) is 0 Å². The number of anilines is 2. The molecule has 0 amide bonds. The summed E-state index contributed by atoms with van der Waals surface area (Å²) in [4.78, 5) is 17.2. The highest BCUT2D eigenvalue weighted by Crippen LogP contribution is 2.29. The minimum Gasteiger partial charge on any atom is -0.497 e. The second kappa shape index (κ2) is 8.02. The molecule has 5 heteroatoms. The maximum absolute atomic E-state index is 12.7. The summed E-state index contributed by atoms with van der Waals surface area (Å²) < 4.78 is 10.7. The normalized spacial score (nSPS) is 11.1. The van der Waals surface area contributed by atoms with Crippen LogP contribution in [-0.2, 0) is 0 Å². The summed E-state index contributed by atoms with van der Waals surface area (Å²) in [5, 5.41) is 4.15. The molecule has 4 rings (SSSR count). The van der Waals surface area contributed by atoms with Gasteiger partial charge in [-0.2, -0.15) is 0 Å². The number of aryl methyl sites for hydroxylation is 1. The molecule has 0 saturated heterocycles. The van der Waals surface area contributed by atoms with Gasteiger partial charge >= 0.3 is 5.63 Å². The molecule has 0 aliphatic carbocycles. The first-order valence-corrected chi connectivity index (χ1v) is 9.22. The summed E-state index contributed by atoms with van der Waals surface area (Å²) in [5.74, 6) is 0.758. The molecule has 1 N–H and O–H groups in total. The van der Waals surface area contributed by atoms with E-state index in [0.717, 1.165) is 28.1 Å². The Morgan fingerprint density at radius 1 is 0.966 bits per heavy atom. The lowest BCUT2D eigenvalue weighted by Crippen LogP contribution is -2.11. The number of nitrogens with zero attached hydrogens (tertiary/aromatic N) is 1. The van der Waals surface area contributed by atoms with E-state index in [9.17, 15) is 4.79 Å². The number of nitrogens with one attached hydrogen (secondary N) is 1. The third kappa shape index (κ3) is 4.04. The lowest BCUT2D eigenvalue weighted by Gasteiger charge is -2.12. The highest BCUT2D eigenvalue weighted by atomic mass is 16.5.